The number of allylic oxidation sites excluding steroid dienone is 1. The molecule has 0 saturated carbocycles. The van der Waals surface area contributed by atoms with E-state index in [0.717, 1.165) is 5.56 Å². The van der Waals surface area contributed by atoms with Crippen LogP contribution < -0.4 is 11.1 Å². The molecule has 1 aliphatic rings. The SMILES string of the molecule is CC1=C(C(=O)OCc2ccccc2)C(C(C)C)N=C(N)N1.O=C(O)C(F)(F)F. The molecule has 0 radical (unpaired) electrons. The highest BCUT2D eigenvalue weighted by molar-refractivity contribution is 5.94. The van der Waals surface area contributed by atoms with E-state index in [4.69, 9.17) is 20.4 Å². The van der Waals surface area contributed by atoms with Crippen molar-refractivity contribution in [3.05, 3.63) is 47.2 Å². The van der Waals surface area contributed by atoms with E-state index in [1.807, 2.05) is 51.1 Å². The van der Waals surface area contributed by atoms with Gasteiger partial charge in [-0.1, -0.05) is 44.2 Å². The fourth-order valence-corrected chi connectivity index (χ4v) is 2.29. The highest BCUT2D eigenvalue weighted by atomic mass is 19.4. The number of alkyl halides is 3. The predicted molar refractivity (Wildman–Crippen MR) is 96.0 cm³/mol. The summed E-state index contributed by atoms with van der Waals surface area (Å²) in [6.45, 7) is 6.07. The molecular formula is C18H22F3N3O4. The van der Waals surface area contributed by atoms with Crippen LogP contribution in [0.15, 0.2) is 46.6 Å². The Balaban J connectivity index is 0.000000480. The van der Waals surface area contributed by atoms with Crippen molar-refractivity contribution in [3.8, 4) is 0 Å². The zero-order valence-corrected chi connectivity index (χ0v) is 15.6. The van der Waals surface area contributed by atoms with Crippen LogP contribution in [0.3, 0.4) is 0 Å². The third-order valence-corrected chi connectivity index (χ3v) is 3.60. The Morgan fingerprint density at radius 2 is 1.82 bits per heavy atom. The van der Waals surface area contributed by atoms with E-state index in [1.165, 1.54) is 0 Å². The van der Waals surface area contributed by atoms with Crippen LogP contribution >= 0.6 is 0 Å². The molecule has 1 heterocycles. The minimum atomic E-state index is -5.08. The molecule has 1 unspecified atom stereocenters. The zero-order valence-electron chi connectivity index (χ0n) is 15.6. The zero-order chi connectivity index (χ0) is 21.5. The summed E-state index contributed by atoms with van der Waals surface area (Å²) in [4.78, 5) is 25.6. The summed E-state index contributed by atoms with van der Waals surface area (Å²) in [5.41, 5.74) is 7.95. The number of aliphatic imine (C=N–C) groups is 1. The number of nitrogens with two attached hydrogens (primary N) is 1. The number of nitrogens with zero attached hydrogens (tertiary/aromatic N) is 1. The van der Waals surface area contributed by atoms with Gasteiger partial charge < -0.3 is 20.9 Å². The van der Waals surface area contributed by atoms with Gasteiger partial charge in [-0.05, 0) is 18.4 Å². The van der Waals surface area contributed by atoms with Crippen molar-refractivity contribution < 1.29 is 32.6 Å². The molecule has 154 valence electrons. The second-order valence-electron chi connectivity index (χ2n) is 6.23. The monoisotopic (exact) mass is 401 g/mol. The summed E-state index contributed by atoms with van der Waals surface area (Å²) in [5, 5.41) is 10.0. The molecule has 0 bridgehead atoms. The van der Waals surface area contributed by atoms with E-state index < -0.39 is 12.1 Å². The molecule has 1 atom stereocenters. The first-order valence-electron chi connectivity index (χ1n) is 8.25. The molecule has 0 fully saturated rings. The fraction of sp³-hybridized carbons (Fsp3) is 0.389. The van der Waals surface area contributed by atoms with Gasteiger partial charge in [-0.3, -0.25) is 0 Å². The molecule has 1 aromatic carbocycles. The summed E-state index contributed by atoms with van der Waals surface area (Å²) in [5.74, 6) is -2.60. The number of carboxylic acids is 1. The summed E-state index contributed by atoms with van der Waals surface area (Å²) in [6, 6.07) is 9.33. The van der Waals surface area contributed by atoms with Crippen LogP contribution in [-0.4, -0.2) is 35.2 Å². The van der Waals surface area contributed by atoms with Gasteiger partial charge in [0.25, 0.3) is 0 Å². The minimum Gasteiger partial charge on any atom is -0.475 e. The summed E-state index contributed by atoms with van der Waals surface area (Å²) in [6.07, 6.45) is -5.08. The molecule has 28 heavy (non-hydrogen) atoms. The van der Waals surface area contributed by atoms with Gasteiger partial charge in [0.2, 0.25) is 0 Å². The van der Waals surface area contributed by atoms with Gasteiger partial charge in [0.1, 0.15) is 6.61 Å². The molecule has 0 amide bonds. The lowest BCUT2D eigenvalue weighted by Gasteiger charge is -2.26. The number of guanidine groups is 1. The normalized spacial score (nSPS) is 16.5. The lowest BCUT2D eigenvalue weighted by atomic mass is 9.94. The average Bonchev–Trinajstić information content (AvgIpc) is 2.59. The minimum absolute atomic E-state index is 0.167. The highest BCUT2D eigenvalue weighted by Crippen LogP contribution is 2.23. The molecule has 1 aliphatic heterocycles. The number of ether oxygens (including phenoxy) is 1. The van der Waals surface area contributed by atoms with Crippen LogP contribution in [0.1, 0.15) is 26.3 Å². The summed E-state index contributed by atoms with van der Waals surface area (Å²) < 4.78 is 37.1. The Labute approximate surface area is 160 Å². The van der Waals surface area contributed by atoms with Crippen LogP contribution in [0.25, 0.3) is 0 Å². The maximum Gasteiger partial charge on any atom is 0.490 e. The number of benzene rings is 1. The first kappa shape index (κ1) is 23.0. The largest absolute Gasteiger partial charge is 0.490 e. The van der Waals surface area contributed by atoms with Gasteiger partial charge in [-0.25, -0.2) is 14.6 Å². The molecule has 0 aliphatic carbocycles. The number of carbonyl (C=O) groups is 2. The number of rotatable bonds is 4. The third kappa shape index (κ3) is 6.93. The molecule has 7 nitrogen and oxygen atoms in total. The molecule has 4 N–H and O–H groups in total. The van der Waals surface area contributed by atoms with Gasteiger partial charge in [0, 0.05) is 5.70 Å². The average molecular weight is 401 g/mol. The van der Waals surface area contributed by atoms with E-state index in [-0.39, 0.29) is 24.5 Å². The first-order valence-corrected chi connectivity index (χ1v) is 8.25. The van der Waals surface area contributed by atoms with E-state index in [2.05, 4.69) is 10.3 Å². The molecular weight excluding hydrogens is 379 g/mol. The van der Waals surface area contributed by atoms with Crippen molar-refractivity contribution in [1.29, 1.82) is 0 Å². The first-order chi connectivity index (χ1) is 12.9. The third-order valence-electron chi connectivity index (χ3n) is 3.60. The molecule has 0 aromatic heterocycles. The van der Waals surface area contributed by atoms with E-state index in [1.54, 1.807) is 0 Å². The van der Waals surface area contributed by atoms with Gasteiger partial charge in [-0.2, -0.15) is 13.2 Å². The Hall–Kier alpha value is -3.04. The molecule has 1 aromatic rings. The van der Waals surface area contributed by atoms with E-state index >= 15 is 0 Å². The van der Waals surface area contributed by atoms with Crippen molar-refractivity contribution in [2.24, 2.45) is 16.6 Å². The molecule has 0 saturated heterocycles. The molecule has 2 rings (SSSR count). The summed E-state index contributed by atoms with van der Waals surface area (Å²) in [7, 11) is 0. The van der Waals surface area contributed by atoms with Crippen LogP contribution in [-0.2, 0) is 20.9 Å². The number of carbonyl (C=O) groups excluding carboxylic acids is 1. The second kappa shape index (κ2) is 9.77. The topological polar surface area (TPSA) is 114 Å². The number of halogens is 3. The van der Waals surface area contributed by atoms with Gasteiger partial charge >= 0.3 is 18.1 Å². The van der Waals surface area contributed by atoms with Gasteiger partial charge in [0.15, 0.2) is 5.96 Å². The van der Waals surface area contributed by atoms with Crippen molar-refractivity contribution in [3.63, 3.8) is 0 Å². The quantitative estimate of drug-likeness (QED) is 0.668. The second-order valence-corrected chi connectivity index (χ2v) is 6.23. The van der Waals surface area contributed by atoms with Gasteiger partial charge in [-0.15, -0.1) is 0 Å². The van der Waals surface area contributed by atoms with Crippen molar-refractivity contribution in [2.75, 3.05) is 0 Å². The maximum absolute atomic E-state index is 12.4. The number of esters is 1. The van der Waals surface area contributed by atoms with E-state index in [9.17, 15) is 18.0 Å². The highest BCUT2D eigenvalue weighted by Gasteiger charge is 2.38. The lowest BCUT2D eigenvalue weighted by Crippen LogP contribution is -2.41. The Bertz CT molecular complexity index is 759. The van der Waals surface area contributed by atoms with E-state index in [0.29, 0.717) is 17.2 Å². The summed E-state index contributed by atoms with van der Waals surface area (Å²) >= 11 is 0. The number of aliphatic carboxylic acids is 1. The standard InChI is InChI=1S/C16H21N3O2.C2HF3O2/c1-10(2)14-13(11(3)18-16(17)19-14)15(20)21-9-12-7-5-4-6-8-12;3-2(4,5)1(6)7/h4-8,10,14H,9H2,1-3H3,(H3,17,18,19);(H,6,7). The Morgan fingerprint density at radius 3 is 2.29 bits per heavy atom. The fourth-order valence-electron chi connectivity index (χ4n) is 2.29. The molecule has 10 heteroatoms. The van der Waals surface area contributed by atoms with Crippen LogP contribution in [0.4, 0.5) is 13.2 Å². The predicted octanol–water partition coefficient (Wildman–Crippen LogP) is 2.58. The number of carboxylic acid groups (broad SMARTS) is 1. The lowest BCUT2D eigenvalue weighted by molar-refractivity contribution is -0.192. The Morgan fingerprint density at radius 1 is 1.29 bits per heavy atom. The number of hydrogen-bond donors (Lipinski definition) is 3. The van der Waals surface area contributed by atoms with Crippen LogP contribution in [0.5, 0.6) is 0 Å². The van der Waals surface area contributed by atoms with Crippen molar-refractivity contribution in [1.82, 2.24) is 5.32 Å². The Kier molecular flexibility index (Phi) is 8.02. The van der Waals surface area contributed by atoms with Crippen LogP contribution in [0, 0.1) is 5.92 Å². The number of nitrogens with one attached hydrogen (secondary N) is 1. The van der Waals surface area contributed by atoms with Crippen LogP contribution in [0.2, 0.25) is 0 Å². The van der Waals surface area contributed by atoms with Crippen molar-refractivity contribution >= 4 is 17.9 Å². The van der Waals surface area contributed by atoms with Gasteiger partial charge in [0.05, 0.1) is 11.6 Å². The maximum atomic E-state index is 12.4. The smallest absolute Gasteiger partial charge is 0.475 e. The van der Waals surface area contributed by atoms with Crippen molar-refractivity contribution in [2.45, 2.75) is 39.6 Å². The molecule has 0 spiro atoms. The number of hydrogen-bond acceptors (Lipinski definition) is 6.